The number of esters is 1. The van der Waals surface area contributed by atoms with E-state index in [1.54, 1.807) is 58.9 Å². The first-order valence-electron chi connectivity index (χ1n) is 14.7. The Kier molecular flexibility index (Phi) is 12.0. The summed E-state index contributed by atoms with van der Waals surface area (Å²) in [6.45, 7) is 12.1. The standard InChI is InChI=1S/C33H43N3O7S/c1-20(2)26(35-32(41)43-33(5,6)7)29(39)36-25(19-44-30(36)23-16-12-9-13-17-23)34-28(38)24(18-22-14-10-8-11-15-22)27(37)31(40)42-21(3)4/h8-17,20-21,24-26,30H,18-19H2,1-7H3,(H,34,38)(H,35,41)/t24-,25+,26-,30+/m0/s1. The van der Waals surface area contributed by atoms with Crippen molar-refractivity contribution in [3.63, 3.8) is 0 Å². The van der Waals surface area contributed by atoms with Crippen molar-refractivity contribution in [3.8, 4) is 0 Å². The van der Waals surface area contributed by atoms with E-state index < -0.39 is 64.9 Å². The van der Waals surface area contributed by atoms with Crippen LogP contribution < -0.4 is 10.6 Å². The lowest BCUT2D eigenvalue weighted by molar-refractivity contribution is -0.160. The summed E-state index contributed by atoms with van der Waals surface area (Å²) in [6.07, 6.45) is -2.13. The fourth-order valence-electron chi connectivity index (χ4n) is 4.70. The second kappa shape index (κ2) is 15.2. The van der Waals surface area contributed by atoms with Crippen molar-refractivity contribution >= 4 is 41.4 Å². The van der Waals surface area contributed by atoms with E-state index in [1.165, 1.54) is 16.7 Å². The van der Waals surface area contributed by atoms with Crippen molar-refractivity contribution in [1.82, 2.24) is 15.5 Å². The zero-order chi connectivity index (χ0) is 32.6. The van der Waals surface area contributed by atoms with Gasteiger partial charge in [0.15, 0.2) is 0 Å². The third-order valence-corrected chi connectivity index (χ3v) is 8.04. The average molecular weight is 626 g/mol. The smallest absolute Gasteiger partial charge is 0.408 e. The molecule has 4 atom stereocenters. The van der Waals surface area contributed by atoms with Crippen LogP contribution in [0.3, 0.4) is 0 Å². The maximum Gasteiger partial charge on any atom is 0.408 e. The topological polar surface area (TPSA) is 131 Å². The highest BCUT2D eigenvalue weighted by molar-refractivity contribution is 7.99. The summed E-state index contributed by atoms with van der Waals surface area (Å²) in [5.41, 5.74) is 0.758. The van der Waals surface area contributed by atoms with E-state index in [9.17, 15) is 24.0 Å². The van der Waals surface area contributed by atoms with Crippen molar-refractivity contribution in [2.75, 3.05) is 5.75 Å². The maximum absolute atomic E-state index is 14.2. The van der Waals surface area contributed by atoms with Crippen LogP contribution in [-0.2, 0) is 35.1 Å². The molecule has 2 aromatic rings. The normalized spacial score (nSPS) is 18.0. The molecule has 0 bridgehead atoms. The van der Waals surface area contributed by atoms with Gasteiger partial charge in [-0.15, -0.1) is 11.8 Å². The second-order valence-electron chi connectivity index (χ2n) is 12.3. The quantitative estimate of drug-likeness (QED) is 0.210. The fraction of sp³-hybridized carbons (Fsp3) is 0.485. The number of hydrogen-bond donors (Lipinski definition) is 2. The van der Waals surface area contributed by atoms with Crippen LogP contribution in [-0.4, -0.2) is 64.2 Å². The number of alkyl carbamates (subject to hydrolysis) is 1. The van der Waals surface area contributed by atoms with Gasteiger partial charge in [-0.25, -0.2) is 9.59 Å². The molecule has 2 N–H and O–H groups in total. The summed E-state index contributed by atoms with van der Waals surface area (Å²) in [5, 5.41) is 5.11. The largest absolute Gasteiger partial charge is 0.457 e. The number of ketones is 1. The maximum atomic E-state index is 14.2. The minimum absolute atomic E-state index is 0.0244. The third-order valence-electron chi connectivity index (χ3n) is 6.71. The molecular weight excluding hydrogens is 582 g/mol. The molecular formula is C33H43N3O7S. The Hall–Kier alpha value is -3.86. The van der Waals surface area contributed by atoms with Crippen LogP contribution in [0.15, 0.2) is 60.7 Å². The highest BCUT2D eigenvalue weighted by Crippen LogP contribution is 2.41. The predicted octanol–water partition coefficient (Wildman–Crippen LogP) is 4.63. The van der Waals surface area contributed by atoms with E-state index >= 15 is 0 Å². The molecule has 0 spiro atoms. The molecule has 0 radical (unpaired) electrons. The van der Waals surface area contributed by atoms with Gasteiger partial charge in [0.05, 0.1) is 6.10 Å². The Morgan fingerprint density at radius 1 is 0.932 bits per heavy atom. The fourth-order valence-corrected chi connectivity index (χ4v) is 6.07. The lowest BCUT2D eigenvalue weighted by atomic mass is 9.94. The molecule has 2 aromatic carbocycles. The van der Waals surface area contributed by atoms with E-state index in [-0.39, 0.29) is 12.3 Å². The first-order valence-corrected chi connectivity index (χ1v) is 15.8. The Balaban J connectivity index is 1.94. The molecule has 44 heavy (non-hydrogen) atoms. The van der Waals surface area contributed by atoms with Gasteiger partial charge < -0.3 is 25.0 Å². The highest BCUT2D eigenvalue weighted by atomic mass is 32.2. The van der Waals surface area contributed by atoms with Gasteiger partial charge in [0.2, 0.25) is 11.8 Å². The van der Waals surface area contributed by atoms with Crippen LogP contribution in [0.4, 0.5) is 4.79 Å². The van der Waals surface area contributed by atoms with Crippen molar-refractivity contribution in [1.29, 1.82) is 0 Å². The summed E-state index contributed by atoms with van der Waals surface area (Å²) in [7, 11) is 0. The van der Waals surface area contributed by atoms with Gasteiger partial charge in [-0.1, -0.05) is 74.5 Å². The van der Waals surface area contributed by atoms with Gasteiger partial charge in [-0.3, -0.25) is 14.4 Å². The molecule has 1 heterocycles. The molecule has 0 aromatic heterocycles. The Morgan fingerprint density at radius 3 is 2.07 bits per heavy atom. The van der Waals surface area contributed by atoms with Gasteiger partial charge >= 0.3 is 12.1 Å². The SMILES string of the molecule is CC(C)OC(=O)C(=O)[C@H](Cc1ccccc1)C(=O)N[C@H]1CS[C@H](c2ccccc2)N1C(=O)[C@@H](NC(=O)OC(C)(C)C)C(C)C. The lowest BCUT2D eigenvalue weighted by Crippen LogP contribution is -2.58. The minimum atomic E-state index is -1.37. The van der Waals surface area contributed by atoms with Crippen LogP contribution in [0.1, 0.15) is 65.0 Å². The van der Waals surface area contributed by atoms with E-state index in [0.29, 0.717) is 11.3 Å². The predicted molar refractivity (Wildman–Crippen MR) is 168 cm³/mol. The van der Waals surface area contributed by atoms with E-state index in [2.05, 4.69) is 10.6 Å². The molecule has 3 rings (SSSR count). The number of nitrogens with one attached hydrogen (secondary N) is 2. The van der Waals surface area contributed by atoms with Crippen molar-refractivity contribution < 1.29 is 33.4 Å². The minimum Gasteiger partial charge on any atom is -0.457 e. The number of thioether (sulfide) groups is 1. The Morgan fingerprint density at radius 2 is 1.52 bits per heavy atom. The number of ether oxygens (including phenoxy) is 2. The lowest BCUT2D eigenvalue weighted by Gasteiger charge is -2.35. The van der Waals surface area contributed by atoms with Gasteiger partial charge in [0.1, 0.15) is 29.1 Å². The van der Waals surface area contributed by atoms with Crippen molar-refractivity contribution in [2.45, 2.75) is 84.2 Å². The Labute approximate surface area is 263 Å². The molecule has 0 saturated carbocycles. The van der Waals surface area contributed by atoms with Gasteiger partial charge in [-0.05, 0) is 58.1 Å². The average Bonchev–Trinajstić information content (AvgIpc) is 3.36. The first kappa shape index (κ1) is 34.6. The van der Waals surface area contributed by atoms with Crippen LogP contribution in [0.2, 0.25) is 0 Å². The molecule has 1 fully saturated rings. The van der Waals surface area contributed by atoms with E-state index in [0.717, 1.165) is 5.56 Å². The number of Topliss-reactive ketones (excluding diaryl/α,β-unsaturated/α-hetero) is 1. The highest BCUT2D eigenvalue weighted by Gasteiger charge is 2.44. The van der Waals surface area contributed by atoms with Gasteiger partial charge in [-0.2, -0.15) is 0 Å². The summed E-state index contributed by atoms with van der Waals surface area (Å²) in [5.74, 6) is -4.54. The number of benzene rings is 2. The molecule has 1 aliphatic rings. The molecule has 0 aliphatic carbocycles. The first-order chi connectivity index (χ1) is 20.7. The molecule has 10 nitrogen and oxygen atoms in total. The van der Waals surface area contributed by atoms with Gasteiger partial charge in [0.25, 0.3) is 5.78 Å². The second-order valence-corrected chi connectivity index (χ2v) is 13.4. The molecule has 3 amide bonds. The van der Waals surface area contributed by atoms with Crippen LogP contribution in [0.5, 0.6) is 0 Å². The number of hydrogen-bond acceptors (Lipinski definition) is 8. The number of carbonyl (C=O) groups is 5. The number of amides is 3. The monoisotopic (exact) mass is 625 g/mol. The molecule has 1 aliphatic heterocycles. The molecule has 0 unspecified atom stereocenters. The summed E-state index contributed by atoms with van der Waals surface area (Å²) in [6, 6.07) is 17.3. The van der Waals surface area contributed by atoms with Crippen molar-refractivity contribution in [3.05, 3.63) is 71.8 Å². The zero-order valence-electron chi connectivity index (χ0n) is 26.4. The summed E-state index contributed by atoms with van der Waals surface area (Å²) >= 11 is 1.45. The summed E-state index contributed by atoms with van der Waals surface area (Å²) in [4.78, 5) is 68.2. The van der Waals surface area contributed by atoms with Crippen LogP contribution in [0, 0.1) is 11.8 Å². The van der Waals surface area contributed by atoms with Crippen LogP contribution >= 0.6 is 11.8 Å². The summed E-state index contributed by atoms with van der Waals surface area (Å²) < 4.78 is 10.5. The van der Waals surface area contributed by atoms with E-state index in [4.69, 9.17) is 9.47 Å². The van der Waals surface area contributed by atoms with Crippen molar-refractivity contribution in [2.24, 2.45) is 11.8 Å². The number of nitrogens with zero attached hydrogens (tertiary/aromatic N) is 1. The molecule has 11 heteroatoms. The van der Waals surface area contributed by atoms with Crippen LogP contribution in [0.25, 0.3) is 0 Å². The third kappa shape index (κ3) is 9.57. The van der Waals surface area contributed by atoms with Gasteiger partial charge in [0, 0.05) is 5.75 Å². The molecule has 1 saturated heterocycles. The number of carbonyl (C=O) groups excluding carboxylic acids is 5. The molecule has 238 valence electrons. The Bertz CT molecular complexity index is 1310. The number of rotatable bonds is 11. The van der Waals surface area contributed by atoms with E-state index in [1.807, 2.05) is 50.2 Å². The zero-order valence-corrected chi connectivity index (χ0v) is 27.2.